The highest BCUT2D eigenvalue weighted by Gasteiger charge is 2.32. The van der Waals surface area contributed by atoms with Crippen LogP contribution in [-0.2, 0) is 9.59 Å². The number of hydrogen-bond acceptors (Lipinski definition) is 2. The maximum Gasteiger partial charge on any atom is 0.325 e. The van der Waals surface area contributed by atoms with Gasteiger partial charge in [-0.3, -0.25) is 9.59 Å². The lowest BCUT2D eigenvalue weighted by Gasteiger charge is -2.13. The van der Waals surface area contributed by atoms with Crippen molar-refractivity contribution in [3.63, 3.8) is 0 Å². The zero-order chi connectivity index (χ0) is 9.94. The van der Waals surface area contributed by atoms with Crippen LogP contribution in [0.1, 0.15) is 6.92 Å². The van der Waals surface area contributed by atoms with E-state index >= 15 is 0 Å². The molecule has 0 saturated carbocycles. The molecule has 0 spiro atoms. The minimum absolute atomic E-state index is 0.956. The van der Waals surface area contributed by atoms with Gasteiger partial charge in [0, 0.05) is 0 Å². The molecule has 0 aromatic heterocycles. The summed E-state index contributed by atoms with van der Waals surface area (Å²) >= 11 is 15.5. The predicted octanol–water partition coefficient (Wildman–Crippen LogP) is 0.946. The van der Waals surface area contributed by atoms with E-state index < -0.39 is 21.7 Å². The highest BCUT2D eigenvalue weighted by atomic mass is 35.6. The quantitative estimate of drug-likeness (QED) is 0.699. The van der Waals surface area contributed by atoms with E-state index in [1.165, 1.54) is 6.92 Å². The minimum atomic E-state index is -2.12. The van der Waals surface area contributed by atoms with Gasteiger partial charge < -0.3 is 10.4 Å². The summed E-state index contributed by atoms with van der Waals surface area (Å²) in [6, 6.07) is -1.08. The molecular formula is C5H6Cl3NO3. The van der Waals surface area contributed by atoms with E-state index in [0.717, 1.165) is 0 Å². The Bertz CT molecular complexity index is 201. The van der Waals surface area contributed by atoms with E-state index in [4.69, 9.17) is 39.9 Å². The van der Waals surface area contributed by atoms with Crippen LogP contribution in [0.2, 0.25) is 0 Å². The first kappa shape index (κ1) is 11.8. The van der Waals surface area contributed by atoms with E-state index in [-0.39, 0.29) is 0 Å². The van der Waals surface area contributed by atoms with Gasteiger partial charge in [0.05, 0.1) is 0 Å². The van der Waals surface area contributed by atoms with Crippen molar-refractivity contribution in [2.24, 2.45) is 0 Å². The van der Waals surface area contributed by atoms with Crippen molar-refractivity contribution in [2.75, 3.05) is 0 Å². The molecule has 0 radical (unpaired) electrons. The summed E-state index contributed by atoms with van der Waals surface area (Å²) in [6.07, 6.45) is 0. The zero-order valence-electron chi connectivity index (χ0n) is 5.97. The van der Waals surface area contributed by atoms with Crippen LogP contribution in [0.5, 0.6) is 0 Å². The number of nitrogens with one attached hydrogen (secondary N) is 1. The molecule has 0 heterocycles. The number of rotatable bonds is 2. The minimum Gasteiger partial charge on any atom is -0.480 e. The summed E-state index contributed by atoms with van der Waals surface area (Å²) in [5.41, 5.74) is 0. The first-order valence-electron chi connectivity index (χ1n) is 2.85. The van der Waals surface area contributed by atoms with Gasteiger partial charge in [-0.1, -0.05) is 34.8 Å². The fourth-order valence-corrected chi connectivity index (χ4v) is 0.504. The van der Waals surface area contributed by atoms with Gasteiger partial charge in [-0.25, -0.2) is 0 Å². The predicted molar refractivity (Wildman–Crippen MR) is 45.5 cm³/mol. The smallest absolute Gasteiger partial charge is 0.325 e. The maximum atomic E-state index is 10.8. The molecule has 0 bridgehead atoms. The molecule has 0 fully saturated rings. The molecular weight excluding hydrogens is 228 g/mol. The van der Waals surface area contributed by atoms with Crippen molar-refractivity contribution in [2.45, 2.75) is 16.8 Å². The molecule has 0 aromatic carbocycles. The van der Waals surface area contributed by atoms with Crippen molar-refractivity contribution in [1.29, 1.82) is 0 Å². The molecule has 1 amide bonds. The van der Waals surface area contributed by atoms with Crippen molar-refractivity contribution in [1.82, 2.24) is 5.32 Å². The second kappa shape index (κ2) is 4.16. The Morgan fingerprint density at radius 1 is 1.42 bits per heavy atom. The third kappa shape index (κ3) is 3.99. The van der Waals surface area contributed by atoms with Crippen LogP contribution in [-0.4, -0.2) is 26.8 Å². The molecule has 70 valence electrons. The van der Waals surface area contributed by atoms with Gasteiger partial charge >= 0.3 is 5.97 Å². The largest absolute Gasteiger partial charge is 0.480 e. The van der Waals surface area contributed by atoms with Crippen molar-refractivity contribution in [3.05, 3.63) is 0 Å². The number of aliphatic carboxylic acids is 1. The highest BCUT2D eigenvalue weighted by Crippen LogP contribution is 2.25. The van der Waals surface area contributed by atoms with Crippen LogP contribution >= 0.6 is 34.8 Å². The monoisotopic (exact) mass is 233 g/mol. The number of alkyl halides is 3. The van der Waals surface area contributed by atoms with Crippen molar-refractivity contribution in [3.8, 4) is 0 Å². The normalized spacial score (nSPS) is 13.7. The summed E-state index contributed by atoms with van der Waals surface area (Å²) in [7, 11) is 0. The lowest BCUT2D eigenvalue weighted by atomic mass is 10.3. The van der Waals surface area contributed by atoms with Gasteiger partial charge in [0.2, 0.25) is 0 Å². The van der Waals surface area contributed by atoms with Crippen LogP contribution in [0.15, 0.2) is 0 Å². The van der Waals surface area contributed by atoms with Crippen LogP contribution in [0, 0.1) is 0 Å². The van der Waals surface area contributed by atoms with Gasteiger partial charge in [0.25, 0.3) is 9.70 Å². The maximum absolute atomic E-state index is 10.8. The standard InChI is InChI=1S/C5H6Cl3NO3/c1-2(3(10)11)9-4(12)5(6,7)8/h2H,1H3,(H,9,12)(H,10,11)/t2-/m0/s1. The van der Waals surface area contributed by atoms with E-state index in [0.29, 0.717) is 0 Å². The lowest BCUT2D eigenvalue weighted by Crippen LogP contribution is -2.43. The lowest BCUT2D eigenvalue weighted by molar-refractivity contribution is -0.141. The van der Waals surface area contributed by atoms with Gasteiger partial charge in [-0.15, -0.1) is 0 Å². The number of amides is 1. The van der Waals surface area contributed by atoms with Gasteiger partial charge in [0.1, 0.15) is 6.04 Å². The average molecular weight is 234 g/mol. The highest BCUT2D eigenvalue weighted by molar-refractivity contribution is 6.76. The Balaban J connectivity index is 4.11. The Labute approximate surface area is 83.8 Å². The number of carboxylic acid groups (broad SMARTS) is 1. The van der Waals surface area contributed by atoms with E-state index in [2.05, 4.69) is 0 Å². The van der Waals surface area contributed by atoms with Gasteiger partial charge in [-0.2, -0.15) is 0 Å². The third-order valence-electron chi connectivity index (χ3n) is 0.975. The van der Waals surface area contributed by atoms with Crippen LogP contribution in [0.3, 0.4) is 0 Å². The molecule has 1 atom stereocenters. The van der Waals surface area contributed by atoms with Crippen molar-refractivity contribution < 1.29 is 14.7 Å². The first-order chi connectivity index (χ1) is 5.25. The SMILES string of the molecule is C[C@H](NC(=O)C(Cl)(Cl)Cl)C(=O)O. The van der Waals surface area contributed by atoms with Crippen LogP contribution in [0.4, 0.5) is 0 Å². The average Bonchev–Trinajstić information content (AvgIpc) is 1.85. The van der Waals surface area contributed by atoms with E-state index in [1.807, 2.05) is 5.32 Å². The topological polar surface area (TPSA) is 66.4 Å². The molecule has 0 aliphatic heterocycles. The summed E-state index contributed by atoms with van der Waals surface area (Å²) < 4.78 is -2.12. The number of hydrogen-bond donors (Lipinski definition) is 2. The second-order valence-corrected chi connectivity index (χ2v) is 4.31. The van der Waals surface area contributed by atoms with Gasteiger partial charge in [0.15, 0.2) is 0 Å². The molecule has 0 saturated heterocycles. The Morgan fingerprint density at radius 3 is 2.08 bits per heavy atom. The van der Waals surface area contributed by atoms with Crippen molar-refractivity contribution >= 4 is 46.7 Å². The first-order valence-corrected chi connectivity index (χ1v) is 3.99. The molecule has 0 aromatic rings. The second-order valence-electron chi connectivity index (χ2n) is 2.03. The molecule has 0 aliphatic carbocycles. The molecule has 0 aliphatic rings. The Hall–Kier alpha value is -0.190. The molecule has 0 rings (SSSR count). The fourth-order valence-electron chi connectivity index (χ4n) is 0.340. The number of carbonyl (C=O) groups excluding carboxylic acids is 1. The molecule has 4 nitrogen and oxygen atoms in total. The van der Waals surface area contributed by atoms with Gasteiger partial charge in [-0.05, 0) is 6.92 Å². The summed E-state index contributed by atoms with van der Waals surface area (Å²) in [5.74, 6) is -2.15. The fraction of sp³-hybridized carbons (Fsp3) is 0.600. The zero-order valence-corrected chi connectivity index (χ0v) is 8.24. The number of carboxylic acids is 1. The Kier molecular flexibility index (Phi) is 4.10. The van der Waals surface area contributed by atoms with E-state index in [1.54, 1.807) is 0 Å². The molecule has 0 unspecified atom stereocenters. The van der Waals surface area contributed by atoms with E-state index in [9.17, 15) is 9.59 Å². The molecule has 2 N–H and O–H groups in total. The number of carbonyl (C=O) groups is 2. The van der Waals surface area contributed by atoms with Crippen LogP contribution < -0.4 is 5.32 Å². The summed E-state index contributed by atoms with van der Waals surface area (Å²) in [6.45, 7) is 1.26. The molecule has 7 heteroatoms. The Morgan fingerprint density at radius 2 is 1.83 bits per heavy atom. The third-order valence-corrected chi connectivity index (χ3v) is 1.49. The summed E-state index contributed by atoms with van der Waals surface area (Å²) in [4.78, 5) is 21.0. The number of halogens is 3. The van der Waals surface area contributed by atoms with Crippen LogP contribution in [0.25, 0.3) is 0 Å². The summed E-state index contributed by atoms with van der Waals surface area (Å²) in [5, 5.41) is 10.3. The molecule has 12 heavy (non-hydrogen) atoms.